The van der Waals surface area contributed by atoms with Crippen LogP contribution in [0.2, 0.25) is 0 Å². The van der Waals surface area contributed by atoms with Crippen LogP contribution in [0.4, 0.5) is 8.78 Å². The number of H-pyrrole nitrogens is 1. The number of aromatic amines is 1. The highest BCUT2D eigenvalue weighted by atomic mass is 19.1. The maximum Gasteiger partial charge on any atom is 0.335 e. The van der Waals surface area contributed by atoms with Gasteiger partial charge in [0.25, 0.3) is 0 Å². The van der Waals surface area contributed by atoms with Gasteiger partial charge in [0.15, 0.2) is 11.4 Å². The average Bonchev–Trinajstić information content (AvgIpc) is 3.57. The standard InChI is InChI=1S/C28H31F2N3O4/c1-15-10-18(6-7-19(15)29)33-20-11-17-13-31-32-24(17)23(30)22(20)21(25(33)27(2,3)14-36-4)16-8-9-28(12-16,37-5)26(34)35/h6-7,10-11,13,16H,8-9,12,14H2,1-5H3,(H,31,32)(H,34,35)/t16-,28+/m1/s1. The number of aliphatic carboxylic acids is 1. The third-order valence-corrected chi connectivity index (χ3v) is 7.85. The quantitative estimate of drug-likeness (QED) is 0.330. The lowest BCUT2D eigenvalue weighted by Gasteiger charge is -2.30. The molecule has 37 heavy (non-hydrogen) atoms. The Kier molecular flexibility index (Phi) is 6.11. The van der Waals surface area contributed by atoms with E-state index in [4.69, 9.17) is 9.47 Å². The first-order chi connectivity index (χ1) is 17.5. The molecular formula is C28H31F2N3O4. The first kappa shape index (κ1) is 25.4. The molecule has 7 nitrogen and oxygen atoms in total. The van der Waals surface area contributed by atoms with E-state index in [0.29, 0.717) is 47.0 Å². The molecule has 0 spiro atoms. The van der Waals surface area contributed by atoms with Gasteiger partial charge in [0.05, 0.1) is 18.3 Å². The van der Waals surface area contributed by atoms with Gasteiger partial charge in [-0.15, -0.1) is 0 Å². The molecule has 4 aromatic rings. The lowest BCUT2D eigenvalue weighted by atomic mass is 9.81. The van der Waals surface area contributed by atoms with Crippen LogP contribution >= 0.6 is 0 Å². The lowest BCUT2D eigenvalue weighted by molar-refractivity contribution is -0.161. The van der Waals surface area contributed by atoms with Gasteiger partial charge in [0.1, 0.15) is 11.3 Å². The molecule has 5 rings (SSSR count). The van der Waals surface area contributed by atoms with Crippen LogP contribution in [0.15, 0.2) is 30.5 Å². The Morgan fingerprint density at radius 3 is 2.68 bits per heavy atom. The van der Waals surface area contributed by atoms with Gasteiger partial charge < -0.3 is 19.1 Å². The summed E-state index contributed by atoms with van der Waals surface area (Å²) in [5.74, 6) is -2.09. The second-order valence-electron chi connectivity index (χ2n) is 10.7. The van der Waals surface area contributed by atoms with Gasteiger partial charge in [-0.05, 0) is 67.5 Å². The molecule has 0 radical (unpaired) electrons. The lowest BCUT2D eigenvalue weighted by Crippen LogP contribution is -2.38. The predicted molar refractivity (Wildman–Crippen MR) is 136 cm³/mol. The highest BCUT2D eigenvalue weighted by molar-refractivity contribution is 6.00. The van der Waals surface area contributed by atoms with Gasteiger partial charge in [-0.25, -0.2) is 13.6 Å². The summed E-state index contributed by atoms with van der Waals surface area (Å²) in [4.78, 5) is 12.2. The zero-order valence-electron chi connectivity index (χ0n) is 21.6. The summed E-state index contributed by atoms with van der Waals surface area (Å²) < 4.78 is 43.7. The summed E-state index contributed by atoms with van der Waals surface area (Å²) in [6.45, 7) is 6.06. The van der Waals surface area contributed by atoms with Gasteiger partial charge in [-0.1, -0.05) is 13.8 Å². The van der Waals surface area contributed by atoms with Crippen molar-refractivity contribution in [2.24, 2.45) is 0 Å². The summed E-state index contributed by atoms with van der Waals surface area (Å²) in [5, 5.41) is 17.8. The molecule has 1 aliphatic rings. The molecule has 2 aromatic carbocycles. The topological polar surface area (TPSA) is 89.4 Å². The molecule has 0 unspecified atom stereocenters. The van der Waals surface area contributed by atoms with Crippen molar-refractivity contribution in [3.05, 3.63) is 58.9 Å². The molecule has 2 heterocycles. The molecular weight excluding hydrogens is 480 g/mol. The van der Waals surface area contributed by atoms with Crippen molar-refractivity contribution < 1.29 is 28.2 Å². The van der Waals surface area contributed by atoms with Crippen molar-refractivity contribution >= 4 is 27.8 Å². The van der Waals surface area contributed by atoms with Gasteiger partial charge in [0, 0.05) is 41.8 Å². The summed E-state index contributed by atoms with van der Waals surface area (Å²) in [7, 11) is 3.02. The highest BCUT2D eigenvalue weighted by Crippen LogP contribution is 2.51. The summed E-state index contributed by atoms with van der Waals surface area (Å²) in [6.07, 6.45) is 2.60. The molecule has 1 fully saturated rings. The van der Waals surface area contributed by atoms with E-state index in [0.717, 1.165) is 11.3 Å². The second-order valence-corrected chi connectivity index (χ2v) is 10.7. The van der Waals surface area contributed by atoms with E-state index in [2.05, 4.69) is 10.2 Å². The number of nitrogens with one attached hydrogen (secondary N) is 1. The number of carbonyl (C=O) groups is 1. The fourth-order valence-electron chi connectivity index (χ4n) is 6.08. The van der Waals surface area contributed by atoms with E-state index in [1.54, 1.807) is 32.4 Å². The monoisotopic (exact) mass is 511 g/mol. The molecule has 2 atom stereocenters. The summed E-state index contributed by atoms with van der Waals surface area (Å²) >= 11 is 0. The molecule has 2 N–H and O–H groups in total. The molecule has 1 aliphatic carbocycles. The molecule has 2 aromatic heterocycles. The minimum absolute atomic E-state index is 0.205. The van der Waals surface area contributed by atoms with Crippen LogP contribution in [0.1, 0.15) is 55.8 Å². The maximum atomic E-state index is 16.3. The zero-order chi connectivity index (χ0) is 26.7. The Morgan fingerprint density at radius 1 is 1.30 bits per heavy atom. The maximum absolute atomic E-state index is 16.3. The Hall–Kier alpha value is -3.30. The minimum Gasteiger partial charge on any atom is -0.479 e. The van der Waals surface area contributed by atoms with Crippen molar-refractivity contribution in [1.82, 2.24) is 14.8 Å². The van der Waals surface area contributed by atoms with Gasteiger partial charge in [-0.2, -0.15) is 5.10 Å². The summed E-state index contributed by atoms with van der Waals surface area (Å²) in [5.41, 5.74) is 1.62. The Bertz CT molecular complexity index is 1520. The van der Waals surface area contributed by atoms with E-state index in [9.17, 15) is 14.3 Å². The van der Waals surface area contributed by atoms with Crippen molar-refractivity contribution in [2.45, 2.75) is 57.0 Å². The predicted octanol–water partition coefficient (Wildman–Crippen LogP) is 5.75. The fraction of sp³-hybridized carbons (Fsp3) is 0.429. The minimum atomic E-state index is -1.34. The van der Waals surface area contributed by atoms with Crippen LogP contribution in [0.3, 0.4) is 0 Å². The van der Waals surface area contributed by atoms with Crippen molar-refractivity contribution in [1.29, 1.82) is 0 Å². The third-order valence-electron chi connectivity index (χ3n) is 7.85. The van der Waals surface area contributed by atoms with Crippen LogP contribution in [-0.2, 0) is 19.7 Å². The third kappa shape index (κ3) is 3.83. The zero-order valence-corrected chi connectivity index (χ0v) is 21.6. The highest BCUT2D eigenvalue weighted by Gasteiger charge is 2.49. The molecule has 1 saturated carbocycles. The smallest absolute Gasteiger partial charge is 0.335 e. The number of aromatic nitrogens is 3. The number of methoxy groups -OCH3 is 2. The second kappa shape index (κ2) is 8.92. The van der Waals surface area contributed by atoms with E-state index >= 15 is 4.39 Å². The number of halogens is 2. The van der Waals surface area contributed by atoms with Gasteiger partial charge in [-0.3, -0.25) is 5.10 Å². The number of nitrogens with zero attached hydrogens (tertiary/aromatic N) is 2. The fourth-order valence-corrected chi connectivity index (χ4v) is 6.08. The van der Waals surface area contributed by atoms with Crippen LogP contribution < -0.4 is 0 Å². The van der Waals surface area contributed by atoms with E-state index < -0.39 is 22.8 Å². The van der Waals surface area contributed by atoms with Crippen molar-refractivity contribution in [2.75, 3.05) is 20.8 Å². The number of benzene rings is 2. The summed E-state index contributed by atoms with van der Waals surface area (Å²) in [6, 6.07) is 6.71. The molecule has 0 aliphatic heterocycles. The van der Waals surface area contributed by atoms with Gasteiger partial charge in [0.2, 0.25) is 0 Å². The van der Waals surface area contributed by atoms with Crippen LogP contribution in [0.5, 0.6) is 0 Å². The van der Waals surface area contributed by atoms with Gasteiger partial charge >= 0.3 is 5.97 Å². The molecule has 0 amide bonds. The Labute approximate surface area is 213 Å². The first-order valence-electron chi connectivity index (χ1n) is 12.3. The number of fused-ring (bicyclic) bond motifs is 2. The number of hydrogen-bond donors (Lipinski definition) is 2. The SMILES string of the molecule is COCC(C)(C)c1c([C@@H]2CC[C@@](OC)(C(=O)O)C2)c2c(F)c3[nH]ncc3cc2n1-c1ccc(F)c(C)c1. The number of carboxylic acid groups (broad SMARTS) is 1. The molecule has 196 valence electrons. The van der Waals surface area contributed by atoms with Crippen LogP contribution in [0, 0.1) is 18.6 Å². The van der Waals surface area contributed by atoms with Crippen LogP contribution in [-0.4, -0.2) is 52.3 Å². The number of carboxylic acids is 1. The number of hydrogen-bond acceptors (Lipinski definition) is 4. The first-order valence-corrected chi connectivity index (χ1v) is 12.3. The van der Waals surface area contributed by atoms with Crippen molar-refractivity contribution in [3.63, 3.8) is 0 Å². The molecule has 9 heteroatoms. The number of ether oxygens (including phenoxy) is 2. The molecule has 0 bridgehead atoms. The van der Waals surface area contributed by atoms with E-state index in [1.165, 1.54) is 13.2 Å². The Balaban J connectivity index is 1.92. The average molecular weight is 512 g/mol. The normalized spacial score (nSPS) is 20.4. The largest absolute Gasteiger partial charge is 0.479 e. The number of aryl methyl sites for hydroxylation is 1. The molecule has 0 saturated heterocycles. The van der Waals surface area contributed by atoms with Crippen molar-refractivity contribution in [3.8, 4) is 5.69 Å². The van der Waals surface area contributed by atoms with E-state index in [-0.39, 0.29) is 23.7 Å². The number of rotatable bonds is 7. The Morgan fingerprint density at radius 2 is 2.05 bits per heavy atom. The van der Waals surface area contributed by atoms with E-state index in [1.807, 2.05) is 24.5 Å². The van der Waals surface area contributed by atoms with Crippen LogP contribution in [0.25, 0.3) is 27.5 Å².